The molecule has 0 saturated carbocycles. The van der Waals surface area contributed by atoms with Crippen LogP contribution >= 0.6 is 0 Å². The van der Waals surface area contributed by atoms with Crippen LogP contribution in [0.4, 0.5) is 15.8 Å². The van der Waals surface area contributed by atoms with E-state index in [1.807, 2.05) is 6.07 Å². The maximum atomic E-state index is 13.4. The van der Waals surface area contributed by atoms with Crippen molar-refractivity contribution in [2.24, 2.45) is 0 Å². The van der Waals surface area contributed by atoms with Crippen molar-refractivity contribution >= 4 is 17.3 Å². The van der Waals surface area contributed by atoms with Crippen LogP contribution in [0.3, 0.4) is 0 Å². The summed E-state index contributed by atoms with van der Waals surface area (Å²) in [7, 11) is 1.54. The van der Waals surface area contributed by atoms with Gasteiger partial charge in [0.1, 0.15) is 11.6 Å². The first kappa shape index (κ1) is 14.8. The van der Waals surface area contributed by atoms with Gasteiger partial charge in [0.05, 0.1) is 19.3 Å². The summed E-state index contributed by atoms with van der Waals surface area (Å²) >= 11 is 0. The molecular formula is C16H17FN2O2. The maximum absolute atomic E-state index is 13.4. The normalized spacial score (nSPS) is 10.0. The van der Waals surface area contributed by atoms with E-state index in [0.717, 1.165) is 0 Å². The Morgan fingerprint density at radius 1 is 1.24 bits per heavy atom. The molecule has 0 bridgehead atoms. The first-order chi connectivity index (χ1) is 10.1. The highest BCUT2D eigenvalue weighted by molar-refractivity contribution is 5.95. The largest absolute Gasteiger partial charge is 0.495 e. The molecule has 2 rings (SSSR count). The maximum Gasteiger partial charge on any atom is 0.243 e. The van der Waals surface area contributed by atoms with Gasteiger partial charge in [0.2, 0.25) is 5.91 Å². The molecule has 0 radical (unpaired) electrons. The summed E-state index contributed by atoms with van der Waals surface area (Å²) in [6.07, 6.45) is 0. The van der Waals surface area contributed by atoms with E-state index in [-0.39, 0.29) is 18.3 Å². The van der Waals surface area contributed by atoms with E-state index in [2.05, 4.69) is 10.6 Å². The minimum absolute atomic E-state index is 0.0422. The van der Waals surface area contributed by atoms with Gasteiger partial charge in [-0.2, -0.15) is 0 Å². The van der Waals surface area contributed by atoms with Gasteiger partial charge in [0.15, 0.2) is 0 Å². The number of rotatable bonds is 5. The number of aryl methyl sites for hydroxylation is 1. The molecule has 5 heteroatoms. The fraction of sp³-hybridized carbons (Fsp3) is 0.188. The van der Waals surface area contributed by atoms with Crippen molar-refractivity contribution < 1.29 is 13.9 Å². The fourth-order valence-electron chi connectivity index (χ4n) is 1.83. The predicted octanol–water partition coefficient (Wildman–Crippen LogP) is 3.19. The van der Waals surface area contributed by atoms with Crippen molar-refractivity contribution in [2.75, 3.05) is 24.3 Å². The van der Waals surface area contributed by atoms with Gasteiger partial charge in [-0.25, -0.2) is 4.39 Å². The summed E-state index contributed by atoms with van der Waals surface area (Å²) in [5.74, 6) is 0.0536. The summed E-state index contributed by atoms with van der Waals surface area (Å²) in [5.41, 5.74) is 1.73. The molecule has 0 aliphatic heterocycles. The highest BCUT2D eigenvalue weighted by Crippen LogP contribution is 2.22. The number of anilines is 2. The Kier molecular flexibility index (Phi) is 4.77. The van der Waals surface area contributed by atoms with Crippen molar-refractivity contribution in [1.29, 1.82) is 0 Å². The lowest BCUT2D eigenvalue weighted by molar-refractivity contribution is -0.114. The van der Waals surface area contributed by atoms with Gasteiger partial charge < -0.3 is 15.4 Å². The van der Waals surface area contributed by atoms with E-state index in [9.17, 15) is 9.18 Å². The van der Waals surface area contributed by atoms with Gasteiger partial charge in [-0.05, 0) is 36.8 Å². The van der Waals surface area contributed by atoms with Crippen molar-refractivity contribution in [3.05, 3.63) is 53.8 Å². The van der Waals surface area contributed by atoms with Crippen LogP contribution in [0.5, 0.6) is 5.75 Å². The first-order valence-electron chi connectivity index (χ1n) is 6.53. The number of methoxy groups -OCH3 is 1. The highest BCUT2D eigenvalue weighted by atomic mass is 19.1. The number of benzene rings is 2. The molecule has 2 N–H and O–H groups in total. The standard InChI is InChI=1S/C16H17FN2O2/c1-11-7-8-12(9-13(11)17)18-10-16(20)19-14-5-3-4-6-15(14)21-2/h3-9,18H,10H2,1-2H3,(H,19,20). The summed E-state index contributed by atoms with van der Waals surface area (Å²) in [4.78, 5) is 11.9. The van der Waals surface area contributed by atoms with Crippen LogP contribution in [0.2, 0.25) is 0 Å². The van der Waals surface area contributed by atoms with Crippen molar-refractivity contribution in [3.63, 3.8) is 0 Å². The van der Waals surface area contributed by atoms with E-state index in [0.29, 0.717) is 22.7 Å². The molecule has 110 valence electrons. The van der Waals surface area contributed by atoms with Gasteiger partial charge in [0, 0.05) is 5.69 Å². The molecule has 0 aliphatic carbocycles. The molecular weight excluding hydrogens is 271 g/mol. The van der Waals surface area contributed by atoms with Crippen LogP contribution in [0, 0.1) is 12.7 Å². The molecule has 0 unspecified atom stereocenters. The van der Waals surface area contributed by atoms with Crippen LogP contribution < -0.4 is 15.4 Å². The van der Waals surface area contributed by atoms with Crippen LogP contribution in [0.25, 0.3) is 0 Å². The molecule has 21 heavy (non-hydrogen) atoms. The van der Waals surface area contributed by atoms with Crippen LogP contribution in [0.15, 0.2) is 42.5 Å². The second-order valence-electron chi connectivity index (χ2n) is 4.57. The second-order valence-corrected chi connectivity index (χ2v) is 4.57. The number of hydrogen-bond acceptors (Lipinski definition) is 3. The Hall–Kier alpha value is -2.56. The zero-order chi connectivity index (χ0) is 15.2. The number of ether oxygens (including phenoxy) is 1. The van der Waals surface area contributed by atoms with Gasteiger partial charge in [0.25, 0.3) is 0 Å². The van der Waals surface area contributed by atoms with E-state index >= 15 is 0 Å². The van der Waals surface area contributed by atoms with Crippen LogP contribution in [0.1, 0.15) is 5.56 Å². The minimum atomic E-state index is -0.301. The van der Waals surface area contributed by atoms with Gasteiger partial charge in [-0.15, -0.1) is 0 Å². The van der Waals surface area contributed by atoms with Gasteiger partial charge in [-0.1, -0.05) is 18.2 Å². The molecule has 4 nitrogen and oxygen atoms in total. The Bertz CT molecular complexity index is 644. The number of amides is 1. The number of carbonyl (C=O) groups is 1. The van der Waals surface area contributed by atoms with E-state index in [1.165, 1.54) is 13.2 Å². The number of hydrogen-bond donors (Lipinski definition) is 2. The molecule has 0 aromatic heterocycles. The summed E-state index contributed by atoms with van der Waals surface area (Å²) in [5, 5.41) is 5.61. The van der Waals surface area contributed by atoms with Crippen LogP contribution in [-0.4, -0.2) is 19.6 Å². The molecule has 1 amide bonds. The molecule has 0 heterocycles. The van der Waals surface area contributed by atoms with Gasteiger partial charge in [-0.3, -0.25) is 4.79 Å². The molecule has 2 aromatic rings. The Labute approximate surface area is 122 Å². The third-order valence-corrected chi connectivity index (χ3v) is 3.01. The minimum Gasteiger partial charge on any atom is -0.495 e. The average Bonchev–Trinajstić information content (AvgIpc) is 2.49. The lowest BCUT2D eigenvalue weighted by atomic mass is 10.2. The average molecular weight is 288 g/mol. The Morgan fingerprint density at radius 2 is 2.00 bits per heavy atom. The van der Waals surface area contributed by atoms with Crippen molar-refractivity contribution in [1.82, 2.24) is 0 Å². The zero-order valence-corrected chi connectivity index (χ0v) is 11.9. The molecule has 0 atom stereocenters. The second kappa shape index (κ2) is 6.74. The highest BCUT2D eigenvalue weighted by Gasteiger charge is 2.07. The van der Waals surface area contributed by atoms with Crippen molar-refractivity contribution in [3.8, 4) is 5.75 Å². The quantitative estimate of drug-likeness (QED) is 0.888. The zero-order valence-electron chi connectivity index (χ0n) is 11.9. The Morgan fingerprint density at radius 3 is 2.71 bits per heavy atom. The van der Waals surface area contributed by atoms with Crippen LogP contribution in [-0.2, 0) is 4.79 Å². The number of halogens is 1. The molecule has 0 aliphatic rings. The predicted molar refractivity (Wildman–Crippen MR) is 81.3 cm³/mol. The first-order valence-corrected chi connectivity index (χ1v) is 6.53. The summed E-state index contributed by atoms with van der Waals surface area (Å²) < 4.78 is 18.5. The third kappa shape index (κ3) is 3.95. The lowest BCUT2D eigenvalue weighted by Crippen LogP contribution is -2.22. The topological polar surface area (TPSA) is 50.4 Å². The van der Waals surface area contributed by atoms with E-state index in [4.69, 9.17) is 4.74 Å². The monoisotopic (exact) mass is 288 g/mol. The molecule has 2 aromatic carbocycles. The fourth-order valence-corrected chi connectivity index (χ4v) is 1.83. The molecule has 0 saturated heterocycles. The Balaban J connectivity index is 1.94. The lowest BCUT2D eigenvalue weighted by Gasteiger charge is -2.11. The van der Waals surface area contributed by atoms with Gasteiger partial charge >= 0.3 is 0 Å². The number of para-hydroxylation sites is 2. The smallest absolute Gasteiger partial charge is 0.243 e. The number of carbonyl (C=O) groups excluding carboxylic acids is 1. The van der Waals surface area contributed by atoms with E-state index < -0.39 is 0 Å². The molecule has 0 fully saturated rings. The van der Waals surface area contributed by atoms with Crippen molar-refractivity contribution in [2.45, 2.75) is 6.92 Å². The summed E-state index contributed by atoms with van der Waals surface area (Å²) in [6.45, 7) is 1.73. The van der Waals surface area contributed by atoms with E-state index in [1.54, 1.807) is 37.3 Å². The third-order valence-electron chi connectivity index (χ3n) is 3.01. The number of nitrogens with one attached hydrogen (secondary N) is 2. The SMILES string of the molecule is COc1ccccc1NC(=O)CNc1ccc(C)c(F)c1. The summed E-state index contributed by atoms with van der Waals surface area (Å²) in [6, 6.07) is 11.9. The molecule has 0 spiro atoms.